The van der Waals surface area contributed by atoms with Gasteiger partial charge in [0.25, 0.3) is 0 Å². The van der Waals surface area contributed by atoms with Gasteiger partial charge in [-0.25, -0.2) is 4.98 Å². The molecule has 0 amide bonds. The third kappa shape index (κ3) is 5.48. The summed E-state index contributed by atoms with van der Waals surface area (Å²) in [6, 6.07) is 4.12. The number of halogens is 3. The van der Waals surface area contributed by atoms with Crippen LogP contribution in [0.4, 0.5) is 13.2 Å². The van der Waals surface area contributed by atoms with Crippen molar-refractivity contribution in [3.8, 4) is 0 Å². The zero-order valence-corrected chi connectivity index (χ0v) is 15.1. The summed E-state index contributed by atoms with van der Waals surface area (Å²) in [6.45, 7) is 1.30. The van der Waals surface area contributed by atoms with Crippen LogP contribution in [0.1, 0.15) is 15.6 Å². The molecule has 2 aromatic rings. The van der Waals surface area contributed by atoms with Crippen LogP contribution in [0.25, 0.3) is 0 Å². The number of hydrogen-bond donors (Lipinski definition) is 1. The van der Waals surface area contributed by atoms with Gasteiger partial charge in [0.15, 0.2) is 11.7 Å². The summed E-state index contributed by atoms with van der Waals surface area (Å²) in [7, 11) is 3.63. The molecule has 2 rings (SSSR count). The minimum atomic E-state index is -4.37. The quantitative estimate of drug-likeness (QED) is 0.620. The number of thiazole rings is 1. The number of aromatic nitrogens is 1. The van der Waals surface area contributed by atoms with Crippen LogP contribution < -0.4 is 5.32 Å². The molecule has 0 spiro atoms. The summed E-state index contributed by atoms with van der Waals surface area (Å²) in [5.41, 5.74) is -0.819. The van der Waals surface area contributed by atoms with E-state index < -0.39 is 11.9 Å². The fourth-order valence-corrected chi connectivity index (χ4v) is 3.56. The molecule has 0 aliphatic heterocycles. The Morgan fingerprint density at radius 1 is 1.33 bits per heavy atom. The van der Waals surface area contributed by atoms with Crippen LogP contribution in [0, 0.1) is 0 Å². The first kappa shape index (κ1) is 18.7. The lowest BCUT2D eigenvalue weighted by Gasteiger charge is -2.21. The van der Waals surface area contributed by atoms with Crippen LogP contribution in [0.3, 0.4) is 0 Å². The lowest BCUT2D eigenvalue weighted by molar-refractivity contribution is -0.140. The summed E-state index contributed by atoms with van der Waals surface area (Å²) >= 11 is 2.75. The Morgan fingerprint density at radius 3 is 2.71 bits per heavy atom. The summed E-state index contributed by atoms with van der Waals surface area (Å²) in [6.07, 6.45) is -3.02. The van der Waals surface area contributed by atoms with E-state index in [0.29, 0.717) is 18.0 Å². The fraction of sp³-hybridized carbons (Fsp3) is 0.467. The van der Waals surface area contributed by atoms with E-state index in [1.165, 1.54) is 4.88 Å². The number of hydrogen-bond acceptors (Lipinski definition) is 4. The van der Waals surface area contributed by atoms with E-state index in [1.807, 2.05) is 23.4 Å². The maximum absolute atomic E-state index is 12.5. The molecular formula is C15H19F3N4S2. The summed E-state index contributed by atoms with van der Waals surface area (Å²) in [5, 5.41) is 6.73. The zero-order valence-electron chi connectivity index (χ0n) is 13.4. The molecule has 0 saturated heterocycles. The molecule has 0 radical (unpaired) electrons. The van der Waals surface area contributed by atoms with E-state index >= 15 is 0 Å². The average molecular weight is 376 g/mol. The Balaban J connectivity index is 1.77. The molecule has 2 aromatic heterocycles. The molecule has 0 aromatic carbocycles. The average Bonchev–Trinajstić information content (AvgIpc) is 3.20. The molecule has 1 N–H and O–H groups in total. The van der Waals surface area contributed by atoms with Gasteiger partial charge < -0.3 is 10.2 Å². The van der Waals surface area contributed by atoms with Crippen molar-refractivity contribution >= 4 is 28.6 Å². The first-order valence-corrected chi connectivity index (χ1v) is 9.12. The van der Waals surface area contributed by atoms with Crippen molar-refractivity contribution in [2.24, 2.45) is 4.99 Å². The molecule has 0 aliphatic rings. The summed E-state index contributed by atoms with van der Waals surface area (Å²) in [4.78, 5) is 11.1. The normalized spacial score (nSPS) is 12.5. The van der Waals surface area contributed by atoms with Gasteiger partial charge >= 0.3 is 6.18 Å². The number of likely N-dealkylation sites (N-methyl/N-ethyl adjacent to an activating group) is 1. The van der Waals surface area contributed by atoms with Crippen LogP contribution in [-0.4, -0.2) is 43.0 Å². The lowest BCUT2D eigenvalue weighted by Crippen LogP contribution is -2.40. The molecule has 0 aliphatic carbocycles. The first-order chi connectivity index (χ1) is 11.4. The summed E-state index contributed by atoms with van der Waals surface area (Å²) in [5.74, 6) is 0.721. The Labute approximate surface area is 147 Å². The van der Waals surface area contributed by atoms with Gasteiger partial charge in [-0.15, -0.1) is 22.7 Å². The molecule has 0 bridgehead atoms. The minimum absolute atomic E-state index is 0.429. The molecule has 9 heteroatoms. The zero-order chi connectivity index (χ0) is 17.6. The predicted molar refractivity (Wildman–Crippen MR) is 92.8 cm³/mol. The Morgan fingerprint density at radius 2 is 2.12 bits per heavy atom. The molecule has 0 fully saturated rings. The van der Waals surface area contributed by atoms with Crippen molar-refractivity contribution < 1.29 is 13.2 Å². The Hall–Kier alpha value is -1.61. The van der Waals surface area contributed by atoms with Crippen LogP contribution in [0.15, 0.2) is 27.9 Å². The van der Waals surface area contributed by atoms with E-state index in [-0.39, 0.29) is 0 Å². The van der Waals surface area contributed by atoms with Gasteiger partial charge in [-0.3, -0.25) is 4.99 Å². The smallest absolute Gasteiger partial charge is 0.356 e. The molecule has 132 valence electrons. The third-order valence-electron chi connectivity index (χ3n) is 3.31. The lowest BCUT2D eigenvalue weighted by atomic mass is 10.3. The monoisotopic (exact) mass is 376 g/mol. The number of aliphatic imine (C=N–C) groups is 1. The van der Waals surface area contributed by atoms with E-state index in [0.717, 1.165) is 35.6 Å². The van der Waals surface area contributed by atoms with Crippen molar-refractivity contribution in [2.45, 2.75) is 19.0 Å². The minimum Gasteiger partial charge on any atom is -0.356 e. The van der Waals surface area contributed by atoms with Gasteiger partial charge in [-0.1, -0.05) is 6.07 Å². The van der Waals surface area contributed by atoms with Gasteiger partial charge in [-0.2, -0.15) is 13.2 Å². The van der Waals surface area contributed by atoms with Crippen LogP contribution in [0.2, 0.25) is 0 Å². The first-order valence-electron chi connectivity index (χ1n) is 7.36. The SMILES string of the molecule is CN=C(NCCc1nc(C(F)(F)F)cs1)N(C)CCc1cccs1. The highest BCUT2D eigenvalue weighted by Gasteiger charge is 2.33. The number of guanidine groups is 1. The summed E-state index contributed by atoms with van der Waals surface area (Å²) < 4.78 is 37.6. The van der Waals surface area contributed by atoms with Crippen LogP contribution >= 0.6 is 22.7 Å². The number of thiophene rings is 1. The predicted octanol–water partition coefficient (Wildman–Crippen LogP) is 3.52. The third-order valence-corrected chi connectivity index (χ3v) is 5.16. The van der Waals surface area contributed by atoms with E-state index in [9.17, 15) is 13.2 Å². The highest BCUT2D eigenvalue weighted by atomic mass is 32.1. The van der Waals surface area contributed by atoms with Crippen molar-refractivity contribution in [2.75, 3.05) is 27.2 Å². The number of nitrogens with one attached hydrogen (secondary N) is 1. The maximum atomic E-state index is 12.5. The number of alkyl halides is 3. The van der Waals surface area contributed by atoms with Gasteiger partial charge in [0.2, 0.25) is 0 Å². The molecule has 0 unspecified atom stereocenters. The second kappa shape index (κ2) is 8.48. The highest BCUT2D eigenvalue weighted by Crippen LogP contribution is 2.29. The van der Waals surface area contributed by atoms with E-state index in [4.69, 9.17) is 0 Å². The van der Waals surface area contributed by atoms with Gasteiger partial charge in [0.05, 0.1) is 5.01 Å². The van der Waals surface area contributed by atoms with Gasteiger partial charge in [-0.05, 0) is 17.9 Å². The molecule has 2 heterocycles. The van der Waals surface area contributed by atoms with Crippen molar-refractivity contribution in [3.63, 3.8) is 0 Å². The molecule has 4 nitrogen and oxygen atoms in total. The van der Waals surface area contributed by atoms with Crippen molar-refractivity contribution in [3.05, 3.63) is 38.5 Å². The van der Waals surface area contributed by atoms with E-state index in [1.54, 1.807) is 18.4 Å². The van der Waals surface area contributed by atoms with Crippen molar-refractivity contribution in [1.29, 1.82) is 0 Å². The second-order valence-corrected chi connectivity index (χ2v) is 7.07. The topological polar surface area (TPSA) is 40.5 Å². The number of rotatable bonds is 6. The van der Waals surface area contributed by atoms with Crippen molar-refractivity contribution in [1.82, 2.24) is 15.2 Å². The molecule has 24 heavy (non-hydrogen) atoms. The largest absolute Gasteiger partial charge is 0.434 e. The molecular weight excluding hydrogens is 357 g/mol. The van der Waals surface area contributed by atoms with Crippen LogP contribution in [-0.2, 0) is 19.0 Å². The standard InChI is InChI=1S/C15H19F3N4S2/c1-19-14(22(2)8-6-11-4-3-9-23-11)20-7-5-13-21-12(10-24-13)15(16,17)18/h3-4,9-10H,5-8H2,1-2H3,(H,19,20). The van der Waals surface area contributed by atoms with E-state index in [2.05, 4.69) is 21.4 Å². The highest BCUT2D eigenvalue weighted by molar-refractivity contribution is 7.10. The fourth-order valence-electron chi connectivity index (χ4n) is 2.06. The number of nitrogens with zero attached hydrogens (tertiary/aromatic N) is 3. The molecule has 0 saturated carbocycles. The molecule has 0 atom stereocenters. The van der Waals surface area contributed by atoms with Gasteiger partial charge in [0, 0.05) is 43.9 Å². The Kier molecular flexibility index (Phi) is 6.61. The maximum Gasteiger partial charge on any atom is 0.434 e. The Bertz CT molecular complexity index is 650. The van der Waals surface area contributed by atoms with Gasteiger partial charge in [0.1, 0.15) is 0 Å². The second-order valence-electron chi connectivity index (χ2n) is 5.10. The van der Waals surface area contributed by atoms with Crippen LogP contribution in [0.5, 0.6) is 0 Å².